The zero-order valence-corrected chi connectivity index (χ0v) is 50.2. The van der Waals surface area contributed by atoms with Gasteiger partial charge in [0.1, 0.15) is 23.0 Å². The van der Waals surface area contributed by atoms with Gasteiger partial charge >= 0.3 is 0 Å². The lowest BCUT2D eigenvalue weighted by molar-refractivity contribution is 0.131. The van der Waals surface area contributed by atoms with Crippen LogP contribution in [0.4, 0.5) is 0 Å². The summed E-state index contributed by atoms with van der Waals surface area (Å²) in [4.78, 5) is 0. The van der Waals surface area contributed by atoms with E-state index in [0.29, 0.717) is 29.0 Å². The van der Waals surface area contributed by atoms with E-state index in [2.05, 4.69) is 255 Å². The Balaban J connectivity index is 0.978. The first-order valence-electron chi connectivity index (χ1n) is 28.4. The van der Waals surface area contributed by atoms with Gasteiger partial charge in [-0.3, -0.25) is 0 Å². The van der Waals surface area contributed by atoms with Gasteiger partial charge < -0.3 is 28.8 Å². The first kappa shape index (κ1) is 54.9. The Bertz CT molecular complexity index is 3620. The summed E-state index contributed by atoms with van der Waals surface area (Å²) in [7, 11) is 0. The zero-order chi connectivity index (χ0) is 57.0. The molecule has 408 valence electrons. The zero-order valence-electron chi connectivity index (χ0n) is 50.2. The van der Waals surface area contributed by atoms with E-state index in [1.165, 1.54) is 43.8 Å². The van der Waals surface area contributed by atoms with Crippen molar-refractivity contribution in [1.82, 2.24) is 9.13 Å². The molecule has 0 aliphatic heterocycles. The Kier molecular flexibility index (Phi) is 13.7. The van der Waals surface area contributed by atoms with Gasteiger partial charge in [0.2, 0.25) is 0 Å². The number of nitrogens with zero attached hydrogens (tertiary/aromatic N) is 2. The van der Waals surface area contributed by atoms with Crippen molar-refractivity contribution < 1.29 is 19.7 Å². The molecule has 0 saturated heterocycles. The standard InChI is InChI=1S/C73H82N2O4/c1-42-19-29-66(56(31-42)58-33-44(3)35-64(68(58)76)74-60-25-21-48(70(7,8)9)38-52(60)53-39-49(71(10,11)12)22-26-61(53)74)78-46(5)37-47(6)79-67-30-20-43(2)32-57(67)59-34-45(4)36-65(69(59)77)75-62-27-23-50(72(13,14)15)40-54(62)55-41-51(73(16,17)18)24-28-63(55)75/h19-36,38-41,46-47,76-77H,37H2,1-18H3/t46-,47+. The largest absolute Gasteiger partial charge is 0.505 e. The number of phenols is 2. The summed E-state index contributed by atoms with van der Waals surface area (Å²) < 4.78 is 18.3. The van der Waals surface area contributed by atoms with Crippen molar-refractivity contribution >= 4 is 43.6 Å². The van der Waals surface area contributed by atoms with Crippen molar-refractivity contribution in [2.45, 2.75) is 165 Å². The van der Waals surface area contributed by atoms with Gasteiger partial charge in [0, 0.05) is 50.2 Å². The normalized spacial score (nSPS) is 13.5. The molecule has 0 spiro atoms. The van der Waals surface area contributed by atoms with Crippen LogP contribution in [-0.4, -0.2) is 31.6 Å². The van der Waals surface area contributed by atoms with E-state index < -0.39 is 0 Å². The highest BCUT2D eigenvalue weighted by Crippen LogP contribution is 2.47. The molecule has 0 aliphatic carbocycles. The van der Waals surface area contributed by atoms with Crippen LogP contribution in [0.1, 0.15) is 148 Å². The molecular formula is C73H82N2O4. The first-order valence-corrected chi connectivity index (χ1v) is 28.4. The molecule has 2 heterocycles. The summed E-state index contributed by atoms with van der Waals surface area (Å²) >= 11 is 0. The molecule has 0 aliphatic rings. The highest BCUT2D eigenvalue weighted by atomic mass is 16.5. The van der Waals surface area contributed by atoms with Crippen LogP contribution in [0.15, 0.2) is 133 Å². The number of rotatable bonds is 10. The minimum absolute atomic E-state index is 0.0316. The Hall–Kier alpha value is -7.44. The average Bonchev–Trinajstić information content (AvgIpc) is 4.13. The molecule has 79 heavy (non-hydrogen) atoms. The molecule has 2 atom stereocenters. The first-order chi connectivity index (χ1) is 37.0. The maximum Gasteiger partial charge on any atom is 0.147 e. The topological polar surface area (TPSA) is 68.8 Å². The molecule has 6 nitrogen and oxygen atoms in total. The van der Waals surface area contributed by atoms with Crippen LogP contribution in [-0.2, 0) is 21.7 Å². The number of hydrogen-bond acceptors (Lipinski definition) is 4. The number of hydrogen-bond donors (Lipinski definition) is 2. The molecule has 2 aromatic heterocycles. The van der Waals surface area contributed by atoms with Gasteiger partial charge in [0.05, 0.1) is 45.6 Å². The predicted molar refractivity (Wildman–Crippen MR) is 334 cm³/mol. The number of aryl methyl sites for hydroxylation is 4. The molecule has 0 bridgehead atoms. The molecule has 0 fully saturated rings. The molecule has 0 saturated carbocycles. The van der Waals surface area contributed by atoms with Crippen molar-refractivity contribution in [3.63, 3.8) is 0 Å². The van der Waals surface area contributed by atoms with Crippen LogP contribution in [0.3, 0.4) is 0 Å². The highest BCUT2D eigenvalue weighted by Gasteiger charge is 2.27. The molecule has 10 rings (SSSR count). The molecule has 8 aromatic carbocycles. The average molecular weight is 1050 g/mol. The summed E-state index contributed by atoms with van der Waals surface area (Å²) in [6.45, 7) is 39.6. The smallest absolute Gasteiger partial charge is 0.147 e. The van der Waals surface area contributed by atoms with Crippen LogP contribution in [0.5, 0.6) is 23.0 Å². The van der Waals surface area contributed by atoms with E-state index >= 15 is 0 Å². The quantitative estimate of drug-likeness (QED) is 0.143. The van der Waals surface area contributed by atoms with Gasteiger partial charge in [-0.2, -0.15) is 0 Å². The minimum atomic E-state index is -0.269. The molecular weight excluding hydrogens is 969 g/mol. The maximum absolute atomic E-state index is 12.7. The van der Waals surface area contributed by atoms with Crippen LogP contribution in [0, 0.1) is 27.7 Å². The number of phenolic OH excluding ortho intramolecular Hbond substituents is 2. The van der Waals surface area contributed by atoms with Gasteiger partial charge in [-0.15, -0.1) is 0 Å². The molecule has 6 heteroatoms. The number of ether oxygens (including phenoxy) is 2. The second-order valence-corrected chi connectivity index (χ2v) is 27.1. The van der Waals surface area contributed by atoms with E-state index in [1.807, 2.05) is 12.1 Å². The van der Waals surface area contributed by atoms with Gasteiger partial charge in [0.15, 0.2) is 0 Å². The molecule has 0 radical (unpaired) electrons. The van der Waals surface area contributed by atoms with Gasteiger partial charge in [0.25, 0.3) is 0 Å². The lowest BCUT2D eigenvalue weighted by Crippen LogP contribution is -2.23. The van der Waals surface area contributed by atoms with Crippen molar-refractivity contribution in [3.8, 4) is 56.6 Å². The molecule has 0 unspecified atom stereocenters. The van der Waals surface area contributed by atoms with Gasteiger partial charge in [-0.05, 0) is 194 Å². The third-order valence-corrected chi connectivity index (χ3v) is 16.1. The lowest BCUT2D eigenvalue weighted by atomic mass is 9.85. The van der Waals surface area contributed by atoms with Crippen molar-refractivity contribution in [1.29, 1.82) is 0 Å². The van der Waals surface area contributed by atoms with Gasteiger partial charge in [-0.25, -0.2) is 0 Å². The number of benzene rings is 8. The Morgan fingerprint density at radius 3 is 0.911 bits per heavy atom. The van der Waals surface area contributed by atoms with E-state index in [1.54, 1.807) is 0 Å². The van der Waals surface area contributed by atoms with Crippen molar-refractivity contribution in [3.05, 3.63) is 178 Å². The van der Waals surface area contributed by atoms with E-state index in [9.17, 15) is 10.2 Å². The van der Waals surface area contributed by atoms with Crippen LogP contribution < -0.4 is 9.47 Å². The van der Waals surface area contributed by atoms with Crippen molar-refractivity contribution in [2.24, 2.45) is 0 Å². The maximum atomic E-state index is 12.7. The van der Waals surface area contributed by atoms with Crippen LogP contribution >= 0.6 is 0 Å². The Morgan fingerprint density at radius 1 is 0.354 bits per heavy atom. The van der Waals surface area contributed by atoms with E-state index in [0.717, 1.165) is 66.8 Å². The SMILES string of the molecule is Cc1ccc(O[C@H](C)C[C@H](C)Oc2ccc(C)cc2-c2cc(C)cc(-n3c4ccc(C(C)(C)C)cc4c4cc(C(C)(C)C)ccc43)c2O)c(-c2cc(C)cc(-n3c4ccc(C(C)(C)C)cc4c4cc(C(C)(C)C)ccc43)c2O)c1. The molecule has 10 aromatic rings. The summed E-state index contributed by atoms with van der Waals surface area (Å²) in [6, 6.07) is 47.9. The minimum Gasteiger partial charge on any atom is -0.505 e. The fraction of sp³-hybridized carbons (Fsp3) is 0.342. The summed E-state index contributed by atoms with van der Waals surface area (Å²) in [6.07, 6.45) is 0.0321. The second kappa shape index (κ2) is 19.7. The summed E-state index contributed by atoms with van der Waals surface area (Å²) in [5.74, 6) is 1.76. The Morgan fingerprint density at radius 2 is 0.633 bits per heavy atom. The monoisotopic (exact) mass is 1050 g/mol. The van der Waals surface area contributed by atoms with Crippen LogP contribution in [0.2, 0.25) is 0 Å². The summed E-state index contributed by atoms with van der Waals surface area (Å²) in [5.41, 5.74) is 17.8. The number of aromatic hydroxyl groups is 2. The molecule has 0 amide bonds. The van der Waals surface area contributed by atoms with E-state index in [4.69, 9.17) is 9.47 Å². The second-order valence-electron chi connectivity index (χ2n) is 27.1. The third-order valence-electron chi connectivity index (χ3n) is 16.1. The fourth-order valence-corrected chi connectivity index (χ4v) is 11.6. The summed E-state index contributed by atoms with van der Waals surface area (Å²) in [5, 5.41) is 30.0. The molecule has 2 N–H and O–H groups in total. The number of fused-ring (bicyclic) bond motifs is 6. The number of aromatic nitrogens is 2. The van der Waals surface area contributed by atoms with Crippen molar-refractivity contribution in [2.75, 3.05) is 0 Å². The predicted octanol–water partition coefficient (Wildman–Crippen LogP) is 19.7. The Labute approximate surface area is 469 Å². The lowest BCUT2D eigenvalue weighted by Gasteiger charge is -2.24. The van der Waals surface area contributed by atoms with E-state index in [-0.39, 0.29) is 45.4 Å². The highest BCUT2D eigenvalue weighted by molar-refractivity contribution is 6.11. The van der Waals surface area contributed by atoms with Gasteiger partial charge in [-0.1, -0.05) is 131 Å². The third kappa shape index (κ3) is 10.4. The fourth-order valence-electron chi connectivity index (χ4n) is 11.6. The van der Waals surface area contributed by atoms with Crippen LogP contribution in [0.25, 0.3) is 77.2 Å².